The van der Waals surface area contributed by atoms with Crippen LogP contribution in [0.15, 0.2) is 36.4 Å². The molecule has 98 heavy (non-hydrogen) atoms. The molecule has 0 spiro atoms. The summed E-state index contributed by atoms with van der Waals surface area (Å²) in [5.41, 5.74) is 7.48. The molecular formula is C73H117N11O14. The van der Waals surface area contributed by atoms with Gasteiger partial charge in [0.2, 0.25) is 0 Å². The number of hydrogen-bond donors (Lipinski definition) is 8. The van der Waals surface area contributed by atoms with Crippen molar-refractivity contribution in [1.82, 2.24) is 51.9 Å². The van der Waals surface area contributed by atoms with Crippen molar-refractivity contribution in [1.29, 1.82) is 0 Å². The van der Waals surface area contributed by atoms with Crippen LogP contribution in [0.2, 0.25) is 0 Å². The fourth-order valence-corrected chi connectivity index (χ4v) is 10.8. The highest BCUT2D eigenvalue weighted by Gasteiger charge is 2.30. The van der Waals surface area contributed by atoms with Gasteiger partial charge < -0.3 is 76.1 Å². The minimum Gasteiger partial charge on any atom is -0.489 e. The number of ether oxygens (including phenoxy) is 7. The summed E-state index contributed by atoms with van der Waals surface area (Å²) in [6.07, 6.45) is 10.4. The van der Waals surface area contributed by atoms with Crippen molar-refractivity contribution in [2.75, 3.05) is 144 Å². The Kier molecular flexibility index (Phi) is 37.3. The van der Waals surface area contributed by atoms with E-state index in [0.717, 1.165) is 38.5 Å². The molecule has 9 N–H and O–H groups in total. The zero-order chi connectivity index (χ0) is 71.1. The quantitative estimate of drug-likeness (QED) is 0.0280. The average molecular weight is 1370 g/mol. The second-order valence-corrected chi connectivity index (χ2v) is 25.9. The number of nitrogens with zero attached hydrogens (tertiary/aromatic N) is 3. The zero-order valence-corrected chi connectivity index (χ0v) is 60.3. The van der Waals surface area contributed by atoms with Gasteiger partial charge >= 0.3 is 6.09 Å². The van der Waals surface area contributed by atoms with E-state index >= 15 is 0 Å². The molecule has 12 aliphatic rings. The van der Waals surface area contributed by atoms with Crippen LogP contribution in [0.1, 0.15) is 221 Å². The van der Waals surface area contributed by atoms with Crippen LogP contribution in [-0.2, 0) is 4.74 Å². The monoisotopic (exact) mass is 1370 g/mol. The Hall–Kier alpha value is -7.61. The van der Waals surface area contributed by atoms with Gasteiger partial charge in [-0.15, -0.1) is 0 Å². The molecular weight excluding hydrogens is 1250 g/mol. The summed E-state index contributed by atoms with van der Waals surface area (Å²) in [5, 5.41) is 21.4. The van der Waals surface area contributed by atoms with Gasteiger partial charge in [0.05, 0.1) is 73.0 Å². The van der Waals surface area contributed by atoms with Crippen LogP contribution in [0.4, 0.5) is 4.79 Å². The molecule has 548 valence electrons. The SMILES string of the molecule is CCCCOc1c2ccc(c1OCCCC)C(=O)NCCN1CCNC(=O)c3ccc(c(OCCCC)c3OCCCC)C(=O)NCCN(CCNC2=O)CCNC(=O)c2ccc(c(OCCCC)c2OCCCC)C(=O)NCCN(CC(N)CCCCNC(=O)OC(C)(C)C)CC1. The van der Waals surface area contributed by atoms with Gasteiger partial charge in [0.1, 0.15) is 5.60 Å². The van der Waals surface area contributed by atoms with Crippen LogP contribution in [0.25, 0.3) is 0 Å². The molecule has 15 rings (SSSR count). The van der Waals surface area contributed by atoms with Crippen molar-refractivity contribution in [3.05, 3.63) is 69.8 Å². The van der Waals surface area contributed by atoms with Crippen molar-refractivity contribution < 1.29 is 66.7 Å². The van der Waals surface area contributed by atoms with Crippen molar-refractivity contribution in [2.24, 2.45) is 5.73 Å². The second-order valence-electron chi connectivity index (χ2n) is 25.9. The molecule has 3 aromatic carbocycles. The van der Waals surface area contributed by atoms with E-state index < -0.39 is 47.1 Å². The van der Waals surface area contributed by atoms with Crippen LogP contribution >= 0.6 is 0 Å². The number of rotatable bonds is 31. The van der Waals surface area contributed by atoms with Crippen LogP contribution < -0.4 is 71.4 Å². The Morgan fingerprint density at radius 2 is 0.673 bits per heavy atom. The van der Waals surface area contributed by atoms with E-state index in [1.54, 1.807) is 36.4 Å². The fraction of sp³-hybridized carbons (Fsp3) is 0.658. The van der Waals surface area contributed by atoms with Gasteiger partial charge in [0.25, 0.3) is 35.4 Å². The van der Waals surface area contributed by atoms with Crippen LogP contribution in [-0.4, -0.2) is 212 Å². The summed E-state index contributed by atoms with van der Waals surface area (Å²) in [4.78, 5) is 106. The van der Waals surface area contributed by atoms with Gasteiger partial charge in [-0.05, 0) is 109 Å². The second kappa shape index (κ2) is 45.1. The number of unbranched alkanes of at least 4 members (excludes halogenated alkanes) is 7. The van der Waals surface area contributed by atoms with E-state index in [0.29, 0.717) is 104 Å². The molecule has 0 radical (unpaired) electrons. The fourth-order valence-electron chi connectivity index (χ4n) is 10.8. The normalized spacial score (nSPS) is 17.2. The number of carbonyl (C=O) groups excluding carboxylic acids is 7. The molecule has 7 amide bonds. The lowest BCUT2D eigenvalue weighted by atomic mass is 10.1. The first-order valence-electron chi connectivity index (χ1n) is 36.2. The third-order valence-corrected chi connectivity index (χ3v) is 16.4. The van der Waals surface area contributed by atoms with Crippen LogP contribution in [0, 0.1) is 0 Å². The van der Waals surface area contributed by atoms with E-state index in [1.165, 1.54) is 0 Å². The molecule has 0 aromatic heterocycles. The molecule has 1 atom stereocenters. The topological polar surface area (TPSA) is 304 Å². The van der Waals surface area contributed by atoms with Gasteiger partial charge in [-0.1, -0.05) is 86.5 Å². The van der Waals surface area contributed by atoms with Crippen LogP contribution in [0.5, 0.6) is 34.5 Å². The number of alkyl carbamates (subject to hydrolysis) is 1. The largest absolute Gasteiger partial charge is 0.489 e. The van der Waals surface area contributed by atoms with Crippen molar-refractivity contribution in [3.63, 3.8) is 0 Å². The lowest BCUT2D eigenvalue weighted by Crippen LogP contribution is -2.47. The van der Waals surface area contributed by atoms with Crippen molar-refractivity contribution in [2.45, 2.75) is 170 Å². The summed E-state index contributed by atoms with van der Waals surface area (Å²) >= 11 is 0. The molecule has 0 saturated heterocycles. The standard InChI is InChI=1S/C73H117N11O14/c1-10-16-46-92-60-54-25-27-57(63(60)95-49-19-13-4)69(88)78-35-41-83-42-36-79-70(89)58-28-26-55(61(93-47-17-11-2)64(58)96-50-20-14-5)67(86)76-33-39-82(38-32-75-66(54)85)40-34-77-68(87)56-29-30-59(65(97-51-21-15-6)62(56)94-48-18-12-3)71(90)80-37-43-84(45-44-83)52-53(74)24-22-23-31-81-72(91)98-73(7,8)9/h25-30,53H,10-24,31-52,74H2,1-9H3,(H,75,85)(H,76,86)(H,77,87)(H,78,88)(H,79,89)(H,80,90)(H,81,91). The van der Waals surface area contributed by atoms with E-state index in [4.69, 9.17) is 38.9 Å². The van der Waals surface area contributed by atoms with Crippen molar-refractivity contribution in [3.8, 4) is 34.5 Å². The summed E-state index contributed by atoms with van der Waals surface area (Å²) in [6.45, 7) is 23.5. The highest BCUT2D eigenvalue weighted by molar-refractivity contribution is 6.05. The minimum atomic E-state index is -0.632. The van der Waals surface area contributed by atoms with Gasteiger partial charge in [0, 0.05) is 111 Å². The first kappa shape index (κ1) is 81.1. The number of benzene rings is 3. The van der Waals surface area contributed by atoms with Gasteiger partial charge in [0.15, 0.2) is 34.5 Å². The molecule has 12 heterocycles. The van der Waals surface area contributed by atoms with Gasteiger partial charge in [-0.25, -0.2) is 4.79 Å². The molecule has 8 bridgehead atoms. The number of amides is 7. The Morgan fingerprint density at radius 1 is 0.408 bits per heavy atom. The van der Waals surface area contributed by atoms with E-state index in [-0.39, 0.29) is 172 Å². The molecule has 0 fully saturated rings. The maximum Gasteiger partial charge on any atom is 0.407 e. The smallest absolute Gasteiger partial charge is 0.407 e. The minimum absolute atomic E-state index is 0.113. The highest BCUT2D eigenvalue weighted by atomic mass is 16.6. The van der Waals surface area contributed by atoms with Crippen molar-refractivity contribution >= 4 is 41.5 Å². The van der Waals surface area contributed by atoms with E-state index in [2.05, 4.69) is 47.0 Å². The Bertz CT molecular complexity index is 2850. The number of carbonyl (C=O) groups is 7. The number of nitrogens with one attached hydrogen (secondary N) is 7. The number of nitrogens with two attached hydrogens (primary N) is 1. The average Bonchev–Trinajstić information content (AvgIpc) is 0.816. The van der Waals surface area contributed by atoms with E-state index in [9.17, 15) is 33.6 Å². The Balaban J connectivity index is 1.68. The zero-order valence-electron chi connectivity index (χ0n) is 60.3. The predicted molar refractivity (Wildman–Crippen MR) is 381 cm³/mol. The summed E-state index contributed by atoms with van der Waals surface area (Å²) in [5.74, 6) is -1.72. The third-order valence-electron chi connectivity index (χ3n) is 16.4. The molecule has 25 nitrogen and oxygen atoms in total. The molecule has 0 aliphatic carbocycles. The molecule has 3 aromatic rings. The Labute approximate surface area is 582 Å². The maximum absolute atomic E-state index is 14.7. The summed E-state index contributed by atoms with van der Waals surface area (Å²) in [6, 6.07) is 9.20. The highest BCUT2D eigenvalue weighted by Crippen LogP contribution is 2.39. The summed E-state index contributed by atoms with van der Waals surface area (Å²) in [7, 11) is 0. The van der Waals surface area contributed by atoms with Gasteiger partial charge in [-0.3, -0.25) is 43.5 Å². The molecule has 25 heteroatoms. The maximum atomic E-state index is 14.7. The van der Waals surface area contributed by atoms with Gasteiger partial charge in [-0.2, -0.15) is 0 Å². The molecule has 12 aliphatic heterocycles. The first-order valence-corrected chi connectivity index (χ1v) is 36.2. The first-order chi connectivity index (χ1) is 47.4. The predicted octanol–water partition coefficient (Wildman–Crippen LogP) is 8.49. The molecule has 1 unspecified atom stereocenters. The summed E-state index contributed by atoms with van der Waals surface area (Å²) < 4.78 is 44.0. The number of hydrogen-bond acceptors (Lipinski definition) is 18. The Morgan fingerprint density at radius 3 is 0.939 bits per heavy atom. The third kappa shape index (κ3) is 28.0. The molecule has 0 saturated carbocycles. The van der Waals surface area contributed by atoms with Crippen LogP contribution in [0.3, 0.4) is 0 Å². The van der Waals surface area contributed by atoms with E-state index in [1.807, 2.05) is 67.2 Å². The lowest BCUT2D eigenvalue weighted by molar-refractivity contribution is 0.0525. The lowest BCUT2D eigenvalue weighted by Gasteiger charge is -2.30.